The Morgan fingerprint density at radius 3 is 2.43 bits per heavy atom. The van der Waals surface area contributed by atoms with E-state index >= 15 is 0 Å². The molecule has 2 heterocycles. The van der Waals surface area contributed by atoms with E-state index in [1.165, 1.54) is 11.3 Å². The highest BCUT2D eigenvalue weighted by atomic mass is 32.1. The van der Waals surface area contributed by atoms with Crippen LogP contribution in [0.1, 0.15) is 40.2 Å². The molecule has 0 unspecified atom stereocenters. The van der Waals surface area contributed by atoms with Crippen molar-refractivity contribution in [2.24, 2.45) is 5.92 Å². The molecule has 1 N–H and O–H groups in total. The Kier molecular flexibility index (Phi) is 5.09. The van der Waals surface area contributed by atoms with E-state index in [0.29, 0.717) is 23.8 Å². The van der Waals surface area contributed by atoms with Crippen molar-refractivity contribution < 1.29 is 9.59 Å². The van der Waals surface area contributed by atoms with E-state index in [1.807, 2.05) is 47.4 Å². The molecule has 1 aliphatic carbocycles. The van der Waals surface area contributed by atoms with Gasteiger partial charge in [0.2, 0.25) is 5.91 Å². The fourth-order valence-electron chi connectivity index (χ4n) is 3.92. The largest absolute Gasteiger partial charge is 0.333 e. The van der Waals surface area contributed by atoms with Crippen LogP contribution in [-0.2, 0) is 17.8 Å². The van der Waals surface area contributed by atoms with Crippen LogP contribution in [0, 0.1) is 5.92 Å². The Hall–Kier alpha value is -2.99. The summed E-state index contributed by atoms with van der Waals surface area (Å²) in [6.45, 7) is 1.19. The van der Waals surface area contributed by atoms with Crippen molar-refractivity contribution in [3.63, 3.8) is 0 Å². The molecule has 0 atom stereocenters. The van der Waals surface area contributed by atoms with E-state index in [-0.39, 0.29) is 17.7 Å². The maximum Gasteiger partial charge on any atom is 0.254 e. The summed E-state index contributed by atoms with van der Waals surface area (Å²) in [5.41, 5.74) is 3.94. The summed E-state index contributed by atoms with van der Waals surface area (Å²) in [7, 11) is 0. The SMILES string of the molecule is O=C(Nc1nc2c(s1)CN(C(=O)c1ccc(-c3ccccc3)cc1)CC2)C1CCC1. The zero-order chi connectivity index (χ0) is 20.5. The van der Waals surface area contributed by atoms with Crippen LogP contribution in [0.2, 0.25) is 0 Å². The van der Waals surface area contributed by atoms with E-state index in [0.717, 1.165) is 47.4 Å². The van der Waals surface area contributed by atoms with E-state index in [9.17, 15) is 9.59 Å². The Morgan fingerprint density at radius 2 is 1.73 bits per heavy atom. The number of benzene rings is 2. The lowest BCUT2D eigenvalue weighted by Crippen LogP contribution is -2.35. The minimum absolute atomic E-state index is 0.0358. The molecule has 0 radical (unpaired) electrons. The number of fused-ring (bicyclic) bond motifs is 1. The second kappa shape index (κ2) is 8.03. The van der Waals surface area contributed by atoms with Crippen molar-refractivity contribution in [1.29, 1.82) is 0 Å². The van der Waals surface area contributed by atoms with Gasteiger partial charge in [-0.05, 0) is 36.1 Å². The Balaban J connectivity index is 1.26. The molecule has 5 rings (SSSR count). The van der Waals surface area contributed by atoms with Crippen molar-refractivity contribution in [1.82, 2.24) is 9.88 Å². The van der Waals surface area contributed by atoms with Crippen LogP contribution in [0.4, 0.5) is 5.13 Å². The van der Waals surface area contributed by atoms with Crippen LogP contribution in [0.3, 0.4) is 0 Å². The molecule has 2 aliphatic rings. The fourth-order valence-corrected chi connectivity index (χ4v) is 4.95. The van der Waals surface area contributed by atoms with Crippen LogP contribution in [0.5, 0.6) is 0 Å². The third-order valence-electron chi connectivity index (χ3n) is 5.96. The first kappa shape index (κ1) is 19.0. The lowest BCUT2D eigenvalue weighted by atomic mass is 9.85. The molecule has 0 spiro atoms. The van der Waals surface area contributed by atoms with Gasteiger partial charge in [-0.15, -0.1) is 0 Å². The first-order valence-electron chi connectivity index (χ1n) is 10.4. The first-order valence-corrected chi connectivity index (χ1v) is 11.2. The quantitative estimate of drug-likeness (QED) is 0.666. The van der Waals surface area contributed by atoms with Gasteiger partial charge >= 0.3 is 0 Å². The summed E-state index contributed by atoms with van der Waals surface area (Å²) in [6, 6.07) is 17.9. The molecule has 0 bridgehead atoms. The summed E-state index contributed by atoms with van der Waals surface area (Å²) >= 11 is 1.49. The number of anilines is 1. The third-order valence-corrected chi connectivity index (χ3v) is 6.96. The predicted octanol–water partition coefficient (Wildman–Crippen LogP) is 4.75. The maximum atomic E-state index is 13.0. The van der Waals surface area contributed by atoms with Gasteiger partial charge in [-0.1, -0.05) is 60.2 Å². The summed E-state index contributed by atoms with van der Waals surface area (Å²) in [6.07, 6.45) is 3.80. The summed E-state index contributed by atoms with van der Waals surface area (Å²) in [5, 5.41) is 3.63. The average Bonchev–Trinajstić information content (AvgIpc) is 3.14. The van der Waals surface area contributed by atoms with Crippen LogP contribution in [0.25, 0.3) is 11.1 Å². The molecule has 1 saturated carbocycles. The number of hydrogen-bond donors (Lipinski definition) is 1. The van der Waals surface area contributed by atoms with Gasteiger partial charge in [-0.2, -0.15) is 0 Å². The second-order valence-corrected chi connectivity index (χ2v) is 9.01. The predicted molar refractivity (Wildman–Crippen MR) is 118 cm³/mol. The zero-order valence-electron chi connectivity index (χ0n) is 16.6. The number of nitrogens with zero attached hydrogens (tertiary/aromatic N) is 2. The normalized spacial score (nSPS) is 15.9. The standard InChI is InChI=1S/C24H23N3O2S/c28-22(18-7-4-8-18)26-24-25-20-13-14-27(15-21(20)30-24)23(29)19-11-9-17(10-12-19)16-5-2-1-3-6-16/h1-3,5-6,9-12,18H,4,7-8,13-15H2,(H,25,26,28). The maximum absolute atomic E-state index is 13.0. The number of aromatic nitrogens is 1. The molecule has 152 valence electrons. The van der Waals surface area contributed by atoms with Gasteiger partial charge in [0.25, 0.3) is 5.91 Å². The third kappa shape index (κ3) is 3.75. The number of thiazole rings is 1. The number of rotatable bonds is 4. The molecular formula is C24H23N3O2S. The molecule has 6 heteroatoms. The highest BCUT2D eigenvalue weighted by Crippen LogP contribution is 2.32. The summed E-state index contributed by atoms with van der Waals surface area (Å²) in [5.74, 6) is 0.260. The average molecular weight is 418 g/mol. The van der Waals surface area contributed by atoms with Crippen molar-refractivity contribution in [3.8, 4) is 11.1 Å². The highest BCUT2D eigenvalue weighted by Gasteiger charge is 2.28. The molecule has 5 nitrogen and oxygen atoms in total. The molecule has 1 aromatic heterocycles. The molecule has 1 aliphatic heterocycles. The van der Waals surface area contributed by atoms with Crippen LogP contribution in [0.15, 0.2) is 54.6 Å². The minimum atomic E-state index is 0.0358. The van der Waals surface area contributed by atoms with Crippen molar-refractivity contribution in [3.05, 3.63) is 70.7 Å². The van der Waals surface area contributed by atoms with Gasteiger partial charge in [0.1, 0.15) is 0 Å². The molecule has 0 saturated heterocycles. The van der Waals surface area contributed by atoms with E-state index < -0.39 is 0 Å². The van der Waals surface area contributed by atoms with Crippen molar-refractivity contribution >= 4 is 28.3 Å². The first-order chi connectivity index (χ1) is 14.7. The Labute approximate surface area is 179 Å². The van der Waals surface area contributed by atoms with Crippen LogP contribution < -0.4 is 5.32 Å². The summed E-state index contributed by atoms with van der Waals surface area (Å²) < 4.78 is 0. The van der Waals surface area contributed by atoms with Crippen LogP contribution in [-0.4, -0.2) is 28.2 Å². The molecule has 2 amide bonds. The second-order valence-electron chi connectivity index (χ2n) is 7.93. The van der Waals surface area contributed by atoms with Gasteiger partial charge in [0, 0.05) is 29.3 Å². The van der Waals surface area contributed by atoms with E-state index in [4.69, 9.17) is 0 Å². The number of carbonyl (C=O) groups is 2. The van der Waals surface area contributed by atoms with Crippen LogP contribution >= 0.6 is 11.3 Å². The smallest absolute Gasteiger partial charge is 0.254 e. The van der Waals surface area contributed by atoms with Gasteiger partial charge in [0.05, 0.1) is 12.2 Å². The van der Waals surface area contributed by atoms with Gasteiger partial charge < -0.3 is 10.2 Å². The monoisotopic (exact) mass is 417 g/mol. The zero-order valence-corrected chi connectivity index (χ0v) is 17.5. The fraction of sp³-hybridized carbons (Fsp3) is 0.292. The van der Waals surface area contributed by atoms with E-state index in [2.05, 4.69) is 22.4 Å². The number of nitrogens with one attached hydrogen (secondary N) is 1. The Bertz CT molecular complexity index is 1070. The number of carbonyl (C=O) groups excluding carboxylic acids is 2. The molecular weight excluding hydrogens is 394 g/mol. The summed E-state index contributed by atoms with van der Waals surface area (Å²) in [4.78, 5) is 32.7. The van der Waals surface area contributed by atoms with E-state index in [1.54, 1.807) is 0 Å². The lowest BCUT2D eigenvalue weighted by Gasteiger charge is -2.26. The highest BCUT2D eigenvalue weighted by molar-refractivity contribution is 7.15. The molecule has 30 heavy (non-hydrogen) atoms. The van der Waals surface area contributed by atoms with Gasteiger partial charge in [-0.3, -0.25) is 9.59 Å². The lowest BCUT2D eigenvalue weighted by molar-refractivity contribution is -0.122. The molecule has 1 fully saturated rings. The molecule has 2 aromatic carbocycles. The van der Waals surface area contributed by atoms with Crippen molar-refractivity contribution in [2.75, 3.05) is 11.9 Å². The van der Waals surface area contributed by atoms with Gasteiger partial charge in [0.15, 0.2) is 5.13 Å². The minimum Gasteiger partial charge on any atom is -0.333 e. The number of hydrogen-bond acceptors (Lipinski definition) is 4. The van der Waals surface area contributed by atoms with Gasteiger partial charge in [-0.25, -0.2) is 4.98 Å². The number of amides is 2. The topological polar surface area (TPSA) is 62.3 Å². The van der Waals surface area contributed by atoms with Crippen molar-refractivity contribution in [2.45, 2.75) is 32.2 Å². The Morgan fingerprint density at radius 1 is 1.00 bits per heavy atom. The molecule has 3 aromatic rings.